The zero-order valence-electron chi connectivity index (χ0n) is 12.1. The SMILES string of the molecule is Nc1ccc(NC23CC4CC(CC(C4)C2)C3)c(C(=O)O)c1. The number of carboxylic acids is 1. The lowest BCUT2D eigenvalue weighted by molar-refractivity contribution is 0.0107. The molecule has 0 unspecified atom stereocenters. The van der Waals surface area contributed by atoms with Crippen molar-refractivity contribution >= 4 is 17.3 Å². The molecule has 4 aliphatic rings. The number of nitrogens with one attached hydrogen (secondary N) is 1. The lowest BCUT2D eigenvalue weighted by Gasteiger charge is -2.57. The van der Waals surface area contributed by atoms with E-state index in [-0.39, 0.29) is 5.54 Å². The smallest absolute Gasteiger partial charge is 0.337 e. The van der Waals surface area contributed by atoms with Crippen molar-refractivity contribution < 1.29 is 9.90 Å². The molecule has 4 aliphatic carbocycles. The third-order valence-electron chi connectivity index (χ3n) is 5.71. The normalized spacial score (nSPS) is 36.7. The topological polar surface area (TPSA) is 75.3 Å². The summed E-state index contributed by atoms with van der Waals surface area (Å²) in [5, 5.41) is 13.0. The van der Waals surface area contributed by atoms with Gasteiger partial charge in [-0.05, 0) is 74.5 Å². The lowest BCUT2D eigenvalue weighted by atomic mass is 9.53. The molecule has 0 spiro atoms. The lowest BCUT2D eigenvalue weighted by Crippen LogP contribution is -2.54. The first-order valence-corrected chi connectivity index (χ1v) is 7.94. The van der Waals surface area contributed by atoms with E-state index in [1.54, 1.807) is 12.1 Å². The summed E-state index contributed by atoms with van der Waals surface area (Å²) in [6.07, 6.45) is 7.74. The first-order valence-electron chi connectivity index (χ1n) is 7.94. The maximum Gasteiger partial charge on any atom is 0.337 e. The number of hydrogen-bond donors (Lipinski definition) is 3. The van der Waals surface area contributed by atoms with Gasteiger partial charge in [-0.1, -0.05) is 0 Å². The monoisotopic (exact) mass is 286 g/mol. The summed E-state index contributed by atoms with van der Waals surface area (Å²) in [5.41, 5.74) is 7.39. The van der Waals surface area contributed by atoms with Gasteiger partial charge in [-0.2, -0.15) is 0 Å². The van der Waals surface area contributed by atoms with Crippen LogP contribution in [-0.4, -0.2) is 16.6 Å². The Labute approximate surface area is 124 Å². The van der Waals surface area contributed by atoms with Crippen molar-refractivity contribution in [2.75, 3.05) is 11.1 Å². The van der Waals surface area contributed by atoms with Crippen molar-refractivity contribution in [3.8, 4) is 0 Å². The van der Waals surface area contributed by atoms with Crippen LogP contribution in [0.5, 0.6) is 0 Å². The van der Waals surface area contributed by atoms with Gasteiger partial charge in [0.25, 0.3) is 0 Å². The van der Waals surface area contributed by atoms with Gasteiger partial charge in [-0.3, -0.25) is 0 Å². The molecule has 5 rings (SSSR count). The van der Waals surface area contributed by atoms with Gasteiger partial charge >= 0.3 is 5.97 Å². The molecule has 4 N–H and O–H groups in total. The third-order valence-corrected chi connectivity index (χ3v) is 5.71. The third kappa shape index (κ3) is 2.17. The highest BCUT2D eigenvalue weighted by molar-refractivity contribution is 5.95. The fraction of sp³-hybridized carbons (Fsp3) is 0.588. The van der Waals surface area contributed by atoms with E-state index in [0.29, 0.717) is 11.3 Å². The van der Waals surface area contributed by atoms with E-state index in [4.69, 9.17) is 5.73 Å². The number of aromatic carboxylic acids is 1. The second kappa shape index (κ2) is 4.39. The molecule has 21 heavy (non-hydrogen) atoms. The van der Waals surface area contributed by atoms with Crippen LogP contribution in [0.2, 0.25) is 0 Å². The molecule has 0 aliphatic heterocycles. The number of anilines is 2. The van der Waals surface area contributed by atoms with Crippen LogP contribution in [0.3, 0.4) is 0 Å². The molecule has 4 nitrogen and oxygen atoms in total. The van der Waals surface area contributed by atoms with Gasteiger partial charge in [0.1, 0.15) is 0 Å². The van der Waals surface area contributed by atoms with Crippen LogP contribution in [0.25, 0.3) is 0 Å². The number of rotatable bonds is 3. The van der Waals surface area contributed by atoms with Gasteiger partial charge in [-0.15, -0.1) is 0 Å². The molecule has 0 aromatic heterocycles. The minimum absolute atomic E-state index is 0.120. The average Bonchev–Trinajstić information content (AvgIpc) is 2.38. The summed E-state index contributed by atoms with van der Waals surface area (Å²) < 4.78 is 0. The summed E-state index contributed by atoms with van der Waals surface area (Å²) in [7, 11) is 0. The van der Waals surface area contributed by atoms with E-state index >= 15 is 0 Å². The van der Waals surface area contributed by atoms with Crippen molar-refractivity contribution in [1.82, 2.24) is 0 Å². The minimum atomic E-state index is -0.908. The highest BCUT2D eigenvalue weighted by Gasteiger charge is 2.51. The first kappa shape index (κ1) is 13.0. The molecule has 0 amide bonds. The van der Waals surface area contributed by atoms with Gasteiger partial charge in [0.05, 0.1) is 5.56 Å². The zero-order valence-corrected chi connectivity index (χ0v) is 12.1. The molecule has 0 saturated heterocycles. The second-order valence-corrected chi connectivity index (χ2v) is 7.43. The molecule has 1 aromatic rings. The number of carbonyl (C=O) groups is 1. The number of hydrogen-bond acceptors (Lipinski definition) is 3. The van der Waals surface area contributed by atoms with Crippen molar-refractivity contribution in [3.63, 3.8) is 0 Å². The van der Waals surface area contributed by atoms with Crippen LogP contribution in [-0.2, 0) is 0 Å². The largest absolute Gasteiger partial charge is 0.478 e. The molecule has 4 saturated carbocycles. The molecular weight excluding hydrogens is 264 g/mol. The van der Waals surface area contributed by atoms with E-state index in [0.717, 1.165) is 23.4 Å². The molecule has 1 aromatic carbocycles. The Morgan fingerprint density at radius 2 is 1.71 bits per heavy atom. The molecule has 4 fully saturated rings. The summed E-state index contributed by atoms with van der Waals surface area (Å²) in [4.78, 5) is 11.5. The minimum Gasteiger partial charge on any atom is -0.478 e. The first-order chi connectivity index (χ1) is 10.0. The fourth-order valence-electron chi connectivity index (χ4n) is 5.40. The van der Waals surface area contributed by atoms with Gasteiger partial charge in [0.2, 0.25) is 0 Å². The predicted octanol–water partition coefficient (Wildman–Crippen LogP) is 3.35. The van der Waals surface area contributed by atoms with Crippen LogP contribution in [0.15, 0.2) is 18.2 Å². The van der Waals surface area contributed by atoms with Crippen molar-refractivity contribution in [2.45, 2.75) is 44.1 Å². The number of nitrogen functional groups attached to an aromatic ring is 1. The van der Waals surface area contributed by atoms with Crippen LogP contribution in [0.1, 0.15) is 48.9 Å². The zero-order chi connectivity index (χ0) is 14.6. The maximum absolute atomic E-state index is 11.5. The van der Waals surface area contributed by atoms with Gasteiger partial charge in [-0.25, -0.2) is 4.79 Å². The Kier molecular flexibility index (Phi) is 2.72. The Balaban J connectivity index is 1.66. The molecular formula is C17H22N2O2. The second-order valence-electron chi connectivity index (χ2n) is 7.43. The highest BCUT2D eigenvalue weighted by Crippen LogP contribution is 2.56. The Morgan fingerprint density at radius 3 is 2.24 bits per heavy atom. The number of nitrogens with two attached hydrogens (primary N) is 1. The quantitative estimate of drug-likeness (QED) is 0.745. The number of benzene rings is 1. The number of carboxylic acid groups (broad SMARTS) is 1. The molecule has 4 bridgehead atoms. The molecule has 0 radical (unpaired) electrons. The summed E-state index contributed by atoms with van der Waals surface area (Å²) >= 11 is 0. The summed E-state index contributed by atoms with van der Waals surface area (Å²) in [6.45, 7) is 0. The highest BCUT2D eigenvalue weighted by atomic mass is 16.4. The summed E-state index contributed by atoms with van der Waals surface area (Å²) in [6, 6.07) is 5.18. The summed E-state index contributed by atoms with van der Waals surface area (Å²) in [5.74, 6) is 1.61. The van der Waals surface area contributed by atoms with Crippen LogP contribution in [0, 0.1) is 17.8 Å². The standard InChI is InChI=1S/C17H22N2O2/c18-13-1-2-15(14(6-13)16(20)21)19-17-7-10-3-11(8-17)5-12(4-10)9-17/h1-2,6,10-12,19H,3-5,7-9,18H2,(H,20,21). The Hall–Kier alpha value is -1.71. The van der Waals surface area contributed by atoms with Crippen LogP contribution < -0.4 is 11.1 Å². The van der Waals surface area contributed by atoms with Gasteiger partial charge < -0.3 is 16.2 Å². The van der Waals surface area contributed by atoms with E-state index < -0.39 is 5.97 Å². The maximum atomic E-state index is 11.5. The van der Waals surface area contributed by atoms with Crippen molar-refractivity contribution in [3.05, 3.63) is 23.8 Å². The van der Waals surface area contributed by atoms with Crippen LogP contribution in [0.4, 0.5) is 11.4 Å². The average molecular weight is 286 g/mol. The Bertz CT molecular complexity index is 561. The fourth-order valence-corrected chi connectivity index (χ4v) is 5.40. The predicted molar refractivity (Wildman–Crippen MR) is 82.3 cm³/mol. The van der Waals surface area contributed by atoms with Crippen molar-refractivity contribution in [2.24, 2.45) is 17.8 Å². The van der Waals surface area contributed by atoms with Crippen molar-refractivity contribution in [1.29, 1.82) is 0 Å². The molecule has 0 heterocycles. The van der Waals surface area contributed by atoms with Crippen LogP contribution >= 0.6 is 0 Å². The van der Waals surface area contributed by atoms with Gasteiger partial charge in [0.15, 0.2) is 0 Å². The van der Waals surface area contributed by atoms with E-state index in [2.05, 4.69) is 5.32 Å². The molecule has 112 valence electrons. The van der Waals surface area contributed by atoms with E-state index in [1.807, 2.05) is 6.07 Å². The van der Waals surface area contributed by atoms with Gasteiger partial charge in [0, 0.05) is 16.9 Å². The van der Waals surface area contributed by atoms with E-state index in [9.17, 15) is 9.90 Å². The molecule has 0 atom stereocenters. The Morgan fingerprint density at radius 1 is 1.14 bits per heavy atom. The molecule has 4 heteroatoms. The van der Waals surface area contributed by atoms with E-state index in [1.165, 1.54) is 38.5 Å².